The summed E-state index contributed by atoms with van der Waals surface area (Å²) >= 11 is 9.61. The highest BCUT2D eigenvalue weighted by molar-refractivity contribution is 9.10. The number of halogens is 2. The van der Waals surface area contributed by atoms with E-state index in [4.69, 9.17) is 11.6 Å². The van der Waals surface area contributed by atoms with E-state index < -0.39 is 0 Å². The molecule has 0 saturated carbocycles. The van der Waals surface area contributed by atoms with Crippen LogP contribution in [-0.4, -0.2) is 36.5 Å². The predicted octanol–water partition coefficient (Wildman–Crippen LogP) is 3.71. The van der Waals surface area contributed by atoms with Crippen LogP contribution in [0.3, 0.4) is 0 Å². The third-order valence-electron chi connectivity index (χ3n) is 4.57. The summed E-state index contributed by atoms with van der Waals surface area (Å²) < 4.78 is 0.890. The molecule has 2 heterocycles. The van der Waals surface area contributed by atoms with Gasteiger partial charge in [-0.25, -0.2) is 0 Å². The first-order valence-corrected chi connectivity index (χ1v) is 8.80. The van der Waals surface area contributed by atoms with Crippen LogP contribution in [0.15, 0.2) is 22.7 Å². The zero-order valence-corrected chi connectivity index (χ0v) is 14.3. The molecule has 1 aromatic rings. The topological polar surface area (TPSA) is 32.3 Å². The van der Waals surface area contributed by atoms with Crippen LogP contribution in [0, 0.1) is 5.92 Å². The summed E-state index contributed by atoms with van der Waals surface area (Å²) in [7, 11) is 0. The SMILES string of the molecule is O=C(c1cc(Br)ccc1Cl)N1CCCC(C2CCCN2)C1. The van der Waals surface area contributed by atoms with Gasteiger partial charge in [-0.15, -0.1) is 0 Å². The smallest absolute Gasteiger partial charge is 0.255 e. The lowest BCUT2D eigenvalue weighted by atomic mass is 9.89. The van der Waals surface area contributed by atoms with Gasteiger partial charge in [-0.05, 0) is 56.3 Å². The predicted molar refractivity (Wildman–Crippen MR) is 88.8 cm³/mol. The number of hydrogen-bond acceptors (Lipinski definition) is 2. The van der Waals surface area contributed by atoms with Crippen LogP contribution in [0.25, 0.3) is 0 Å². The first-order chi connectivity index (χ1) is 10.1. The molecule has 3 rings (SSSR count). The molecule has 0 bridgehead atoms. The first-order valence-electron chi connectivity index (χ1n) is 7.63. The molecule has 3 nitrogen and oxygen atoms in total. The van der Waals surface area contributed by atoms with Crippen molar-refractivity contribution in [2.45, 2.75) is 31.7 Å². The first kappa shape index (κ1) is 15.3. The minimum atomic E-state index is 0.0593. The molecule has 0 radical (unpaired) electrons. The Kier molecular flexibility index (Phi) is 4.87. The minimum Gasteiger partial charge on any atom is -0.338 e. The number of carbonyl (C=O) groups is 1. The van der Waals surface area contributed by atoms with Crippen LogP contribution in [0.1, 0.15) is 36.0 Å². The number of nitrogens with one attached hydrogen (secondary N) is 1. The van der Waals surface area contributed by atoms with Gasteiger partial charge in [0, 0.05) is 23.6 Å². The van der Waals surface area contributed by atoms with Crippen LogP contribution in [0.5, 0.6) is 0 Å². The fourth-order valence-corrected chi connectivity index (χ4v) is 4.03. The molecule has 2 aliphatic heterocycles. The minimum absolute atomic E-state index is 0.0593. The van der Waals surface area contributed by atoms with Crippen molar-refractivity contribution in [3.63, 3.8) is 0 Å². The molecule has 1 aromatic carbocycles. The second kappa shape index (κ2) is 6.67. The standard InChI is InChI=1S/C16H20BrClN2O/c17-12-5-6-14(18)13(9-12)16(21)20-8-2-3-11(10-20)15-4-1-7-19-15/h5-6,9,11,15,19H,1-4,7-8,10H2. The van der Waals surface area contributed by atoms with Gasteiger partial charge >= 0.3 is 0 Å². The molecule has 2 saturated heterocycles. The van der Waals surface area contributed by atoms with Crippen molar-refractivity contribution >= 4 is 33.4 Å². The Morgan fingerprint density at radius 3 is 2.95 bits per heavy atom. The van der Waals surface area contributed by atoms with Gasteiger partial charge < -0.3 is 10.2 Å². The number of piperidine rings is 1. The second-order valence-electron chi connectivity index (χ2n) is 5.98. The molecule has 0 spiro atoms. The summed E-state index contributed by atoms with van der Waals surface area (Å²) in [5.74, 6) is 0.639. The molecule has 0 aromatic heterocycles. The van der Waals surface area contributed by atoms with Crippen molar-refractivity contribution < 1.29 is 4.79 Å². The van der Waals surface area contributed by atoms with Gasteiger partial charge in [0.2, 0.25) is 0 Å². The van der Waals surface area contributed by atoms with Crippen molar-refractivity contribution in [2.24, 2.45) is 5.92 Å². The van der Waals surface area contributed by atoms with Crippen molar-refractivity contribution in [3.05, 3.63) is 33.3 Å². The lowest BCUT2D eigenvalue weighted by molar-refractivity contribution is 0.0651. The van der Waals surface area contributed by atoms with Gasteiger partial charge in [0.15, 0.2) is 0 Å². The summed E-state index contributed by atoms with van der Waals surface area (Å²) in [6.45, 7) is 2.80. The van der Waals surface area contributed by atoms with Crippen LogP contribution >= 0.6 is 27.5 Å². The van der Waals surface area contributed by atoms with Gasteiger partial charge in [0.05, 0.1) is 10.6 Å². The molecule has 114 valence electrons. The van der Waals surface area contributed by atoms with E-state index in [1.165, 1.54) is 19.3 Å². The number of carbonyl (C=O) groups excluding carboxylic acids is 1. The molecule has 2 fully saturated rings. The Hall–Kier alpha value is -0.580. The Morgan fingerprint density at radius 1 is 1.33 bits per heavy atom. The molecule has 2 unspecified atom stereocenters. The van der Waals surface area contributed by atoms with Crippen molar-refractivity contribution in [3.8, 4) is 0 Å². The quantitative estimate of drug-likeness (QED) is 0.859. The molecule has 2 atom stereocenters. The lowest BCUT2D eigenvalue weighted by Crippen LogP contribution is -2.45. The largest absolute Gasteiger partial charge is 0.338 e. The summed E-state index contributed by atoms with van der Waals surface area (Å²) in [6, 6.07) is 6.04. The van der Waals surface area contributed by atoms with Crippen molar-refractivity contribution in [1.29, 1.82) is 0 Å². The third kappa shape index (κ3) is 3.43. The van der Waals surface area contributed by atoms with Gasteiger partial charge in [-0.3, -0.25) is 4.79 Å². The van der Waals surface area contributed by atoms with Crippen molar-refractivity contribution in [2.75, 3.05) is 19.6 Å². The van der Waals surface area contributed by atoms with Crippen LogP contribution < -0.4 is 5.32 Å². The summed E-state index contributed by atoms with van der Waals surface area (Å²) in [6.07, 6.45) is 4.80. The van der Waals surface area contributed by atoms with E-state index in [0.29, 0.717) is 22.5 Å². The van der Waals surface area contributed by atoms with Crippen molar-refractivity contribution in [1.82, 2.24) is 10.2 Å². The fourth-order valence-electron chi connectivity index (χ4n) is 3.47. The van der Waals surface area contributed by atoms with E-state index in [-0.39, 0.29) is 5.91 Å². The highest BCUT2D eigenvalue weighted by atomic mass is 79.9. The van der Waals surface area contributed by atoms with E-state index in [1.54, 1.807) is 6.07 Å². The Balaban J connectivity index is 1.73. The van der Waals surface area contributed by atoms with E-state index in [2.05, 4.69) is 21.2 Å². The van der Waals surface area contributed by atoms with Crippen LogP contribution in [0.4, 0.5) is 0 Å². The van der Waals surface area contributed by atoms with E-state index >= 15 is 0 Å². The van der Waals surface area contributed by atoms with Gasteiger partial charge in [0.1, 0.15) is 0 Å². The van der Waals surface area contributed by atoms with Gasteiger partial charge in [0.25, 0.3) is 5.91 Å². The Bertz CT molecular complexity index is 531. The molecule has 21 heavy (non-hydrogen) atoms. The molecular weight excluding hydrogens is 352 g/mol. The zero-order valence-electron chi connectivity index (χ0n) is 11.9. The zero-order chi connectivity index (χ0) is 14.8. The fraction of sp³-hybridized carbons (Fsp3) is 0.562. The summed E-state index contributed by atoms with van der Waals surface area (Å²) in [5, 5.41) is 4.11. The summed E-state index contributed by atoms with van der Waals surface area (Å²) in [5.41, 5.74) is 0.603. The van der Waals surface area contributed by atoms with E-state index in [9.17, 15) is 4.79 Å². The monoisotopic (exact) mass is 370 g/mol. The number of nitrogens with zero attached hydrogens (tertiary/aromatic N) is 1. The lowest BCUT2D eigenvalue weighted by Gasteiger charge is -2.36. The maximum Gasteiger partial charge on any atom is 0.255 e. The average Bonchev–Trinajstić information content (AvgIpc) is 3.03. The molecule has 2 aliphatic rings. The molecule has 1 N–H and O–H groups in total. The number of hydrogen-bond donors (Lipinski definition) is 1. The number of benzene rings is 1. The number of amides is 1. The summed E-state index contributed by atoms with van der Waals surface area (Å²) in [4.78, 5) is 14.7. The van der Waals surface area contributed by atoms with Crippen LogP contribution in [0.2, 0.25) is 5.02 Å². The third-order valence-corrected chi connectivity index (χ3v) is 5.39. The Labute approximate surface area is 139 Å². The highest BCUT2D eigenvalue weighted by Crippen LogP contribution is 2.28. The number of likely N-dealkylation sites (tertiary alicyclic amines) is 1. The van der Waals surface area contributed by atoms with E-state index in [0.717, 1.165) is 30.5 Å². The second-order valence-corrected chi connectivity index (χ2v) is 7.30. The van der Waals surface area contributed by atoms with Gasteiger partial charge in [-0.2, -0.15) is 0 Å². The number of rotatable bonds is 2. The Morgan fingerprint density at radius 2 is 2.19 bits per heavy atom. The highest BCUT2D eigenvalue weighted by Gasteiger charge is 2.31. The van der Waals surface area contributed by atoms with Gasteiger partial charge in [-0.1, -0.05) is 27.5 Å². The average molecular weight is 372 g/mol. The molecule has 1 amide bonds. The molecule has 5 heteroatoms. The van der Waals surface area contributed by atoms with Crippen LogP contribution in [-0.2, 0) is 0 Å². The van der Waals surface area contributed by atoms with E-state index in [1.807, 2.05) is 17.0 Å². The molecular formula is C16H20BrClN2O. The normalized spacial score (nSPS) is 26.1. The maximum atomic E-state index is 12.7. The molecule has 0 aliphatic carbocycles. The maximum absolute atomic E-state index is 12.7.